The molecule has 0 heterocycles. The molecule has 5 heteroatoms. The minimum atomic E-state index is -0.521. The molecule has 0 saturated heterocycles. The van der Waals surface area contributed by atoms with E-state index in [0.29, 0.717) is 5.69 Å². The van der Waals surface area contributed by atoms with Gasteiger partial charge in [-0.25, -0.2) is 4.39 Å². The van der Waals surface area contributed by atoms with Crippen molar-refractivity contribution < 1.29 is 18.7 Å². The van der Waals surface area contributed by atoms with E-state index >= 15 is 0 Å². The number of methoxy groups -OCH3 is 2. The van der Waals surface area contributed by atoms with Crippen molar-refractivity contribution in [3.05, 3.63) is 24.0 Å². The second-order valence-electron chi connectivity index (χ2n) is 2.83. The van der Waals surface area contributed by atoms with Crippen LogP contribution < -0.4 is 10.1 Å². The smallest absolute Gasteiger partial charge is 0.250 e. The molecule has 0 aliphatic rings. The third-order valence-corrected chi connectivity index (χ3v) is 1.71. The van der Waals surface area contributed by atoms with Crippen molar-refractivity contribution in [3.8, 4) is 5.75 Å². The van der Waals surface area contributed by atoms with Crippen molar-refractivity contribution >= 4 is 11.6 Å². The van der Waals surface area contributed by atoms with Gasteiger partial charge in [0.25, 0.3) is 0 Å². The van der Waals surface area contributed by atoms with Gasteiger partial charge >= 0.3 is 0 Å². The third kappa shape index (κ3) is 3.21. The molecule has 0 atom stereocenters. The van der Waals surface area contributed by atoms with Crippen molar-refractivity contribution in [3.63, 3.8) is 0 Å². The van der Waals surface area contributed by atoms with Gasteiger partial charge in [0, 0.05) is 18.9 Å². The first-order valence-corrected chi connectivity index (χ1v) is 4.29. The molecule has 1 amide bonds. The fraction of sp³-hybridized carbons (Fsp3) is 0.300. The summed E-state index contributed by atoms with van der Waals surface area (Å²) in [5.41, 5.74) is 0.371. The van der Waals surface area contributed by atoms with Gasteiger partial charge < -0.3 is 14.8 Å². The third-order valence-electron chi connectivity index (χ3n) is 1.71. The quantitative estimate of drug-likeness (QED) is 0.822. The van der Waals surface area contributed by atoms with E-state index in [1.165, 1.54) is 26.4 Å². The first-order valence-electron chi connectivity index (χ1n) is 4.29. The predicted octanol–water partition coefficient (Wildman–Crippen LogP) is 1.42. The Balaban J connectivity index is 2.71. The van der Waals surface area contributed by atoms with E-state index < -0.39 is 5.82 Å². The highest BCUT2D eigenvalue weighted by Gasteiger charge is 2.05. The SMILES string of the molecule is COCC(=O)Nc1ccc(OC)c(F)c1. The van der Waals surface area contributed by atoms with Crippen LogP contribution in [0.5, 0.6) is 5.75 Å². The van der Waals surface area contributed by atoms with Crippen LogP contribution in [0.1, 0.15) is 0 Å². The Morgan fingerprint density at radius 1 is 1.47 bits per heavy atom. The maximum atomic E-state index is 13.2. The number of nitrogens with one attached hydrogen (secondary N) is 1. The average molecular weight is 213 g/mol. The van der Waals surface area contributed by atoms with Crippen LogP contribution in [-0.2, 0) is 9.53 Å². The molecule has 0 aliphatic heterocycles. The van der Waals surface area contributed by atoms with Crippen molar-refractivity contribution in [2.75, 3.05) is 26.1 Å². The molecular formula is C10H12FNO3. The Labute approximate surface area is 87.0 Å². The highest BCUT2D eigenvalue weighted by molar-refractivity contribution is 5.91. The zero-order valence-corrected chi connectivity index (χ0v) is 8.54. The average Bonchev–Trinajstić information content (AvgIpc) is 2.18. The number of halogens is 1. The van der Waals surface area contributed by atoms with Gasteiger partial charge in [-0.15, -0.1) is 0 Å². The van der Waals surface area contributed by atoms with Crippen LogP contribution in [0.25, 0.3) is 0 Å². The molecule has 1 aromatic carbocycles. The van der Waals surface area contributed by atoms with Gasteiger partial charge in [-0.1, -0.05) is 0 Å². The van der Waals surface area contributed by atoms with Gasteiger partial charge in [-0.3, -0.25) is 4.79 Å². The second kappa shape index (κ2) is 5.31. The van der Waals surface area contributed by atoms with Gasteiger partial charge in [0.15, 0.2) is 11.6 Å². The van der Waals surface area contributed by atoms with Crippen LogP contribution in [0.15, 0.2) is 18.2 Å². The Morgan fingerprint density at radius 2 is 2.20 bits per heavy atom. The highest BCUT2D eigenvalue weighted by atomic mass is 19.1. The van der Waals surface area contributed by atoms with Crippen molar-refractivity contribution in [2.24, 2.45) is 0 Å². The molecule has 0 aromatic heterocycles. The van der Waals surface area contributed by atoms with E-state index in [4.69, 9.17) is 4.74 Å². The second-order valence-corrected chi connectivity index (χ2v) is 2.83. The molecule has 0 bridgehead atoms. The number of amides is 1. The van der Waals surface area contributed by atoms with Crippen LogP contribution >= 0.6 is 0 Å². The Hall–Kier alpha value is -1.62. The van der Waals surface area contributed by atoms with Gasteiger partial charge in [-0.2, -0.15) is 0 Å². The molecule has 15 heavy (non-hydrogen) atoms. The van der Waals surface area contributed by atoms with Crippen LogP contribution in [0.3, 0.4) is 0 Å². The summed E-state index contributed by atoms with van der Waals surface area (Å²) in [5.74, 6) is -0.713. The lowest BCUT2D eigenvalue weighted by atomic mass is 10.3. The maximum absolute atomic E-state index is 13.2. The summed E-state index contributed by atoms with van der Waals surface area (Å²) in [6.07, 6.45) is 0. The minimum absolute atomic E-state index is 0.0619. The molecule has 0 aliphatic carbocycles. The summed E-state index contributed by atoms with van der Waals surface area (Å²) in [7, 11) is 2.79. The number of anilines is 1. The number of ether oxygens (including phenoxy) is 2. The van der Waals surface area contributed by atoms with Gasteiger partial charge in [0.05, 0.1) is 7.11 Å². The molecule has 4 nitrogen and oxygen atoms in total. The number of carbonyl (C=O) groups is 1. The van der Waals surface area contributed by atoms with Crippen LogP contribution in [0, 0.1) is 5.82 Å². The van der Waals surface area contributed by atoms with E-state index in [9.17, 15) is 9.18 Å². The molecular weight excluding hydrogens is 201 g/mol. The number of hydrogen-bond donors (Lipinski definition) is 1. The van der Waals surface area contributed by atoms with Crippen molar-refractivity contribution in [2.45, 2.75) is 0 Å². The lowest BCUT2D eigenvalue weighted by Crippen LogP contribution is -2.17. The zero-order chi connectivity index (χ0) is 11.3. The fourth-order valence-electron chi connectivity index (χ4n) is 1.07. The normalized spacial score (nSPS) is 9.80. The van der Waals surface area contributed by atoms with Gasteiger partial charge in [-0.05, 0) is 12.1 Å². The predicted molar refractivity (Wildman–Crippen MR) is 53.5 cm³/mol. The number of carbonyl (C=O) groups excluding carboxylic acids is 1. The monoisotopic (exact) mass is 213 g/mol. The Bertz CT molecular complexity index is 355. The van der Waals surface area contributed by atoms with E-state index in [0.717, 1.165) is 0 Å². The van der Waals surface area contributed by atoms with Crippen molar-refractivity contribution in [1.29, 1.82) is 0 Å². The molecule has 0 unspecified atom stereocenters. The lowest BCUT2D eigenvalue weighted by molar-refractivity contribution is -0.119. The Morgan fingerprint density at radius 3 is 2.73 bits per heavy atom. The van der Waals surface area contributed by atoms with Gasteiger partial charge in [0.1, 0.15) is 6.61 Å². The summed E-state index contributed by atoms with van der Waals surface area (Å²) in [6.45, 7) is -0.0619. The number of rotatable bonds is 4. The Kier molecular flexibility index (Phi) is 4.05. The van der Waals surface area contributed by atoms with Crippen LogP contribution in [0.4, 0.5) is 10.1 Å². The molecule has 1 N–H and O–H groups in total. The van der Waals surface area contributed by atoms with E-state index in [1.54, 1.807) is 6.07 Å². The molecule has 1 aromatic rings. The van der Waals surface area contributed by atoms with E-state index in [-0.39, 0.29) is 18.3 Å². The topological polar surface area (TPSA) is 47.6 Å². The van der Waals surface area contributed by atoms with E-state index in [1.807, 2.05) is 0 Å². The zero-order valence-electron chi connectivity index (χ0n) is 8.54. The number of hydrogen-bond acceptors (Lipinski definition) is 3. The maximum Gasteiger partial charge on any atom is 0.250 e. The van der Waals surface area contributed by atoms with Crippen molar-refractivity contribution in [1.82, 2.24) is 0 Å². The molecule has 1 rings (SSSR count). The number of benzene rings is 1. The summed E-state index contributed by atoms with van der Waals surface area (Å²) in [5, 5.41) is 2.48. The first-order chi connectivity index (χ1) is 7.17. The van der Waals surface area contributed by atoms with E-state index in [2.05, 4.69) is 10.1 Å². The lowest BCUT2D eigenvalue weighted by Gasteiger charge is -2.06. The largest absolute Gasteiger partial charge is 0.494 e. The standard InChI is InChI=1S/C10H12FNO3/c1-14-6-10(13)12-7-3-4-9(15-2)8(11)5-7/h3-5H,6H2,1-2H3,(H,12,13). The summed E-state index contributed by atoms with van der Waals surface area (Å²) < 4.78 is 22.5. The highest BCUT2D eigenvalue weighted by Crippen LogP contribution is 2.20. The first kappa shape index (κ1) is 11.5. The minimum Gasteiger partial charge on any atom is -0.494 e. The van der Waals surface area contributed by atoms with Gasteiger partial charge in [0.2, 0.25) is 5.91 Å². The summed E-state index contributed by atoms with van der Waals surface area (Å²) in [6, 6.07) is 4.18. The molecule has 0 spiro atoms. The molecule has 82 valence electrons. The molecule has 0 fully saturated rings. The summed E-state index contributed by atoms with van der Waals surface area (Å²) >= 11 is 0. The fourth-order valence-corrected chi connectivity index (χ4v) is 1.07. The summed E-state index contributed by atoms with van der Waals surface area (Å²) in [4.78, 5) is 11.1. The molecule has 0 saturated carbocycles. The molecule has 0 radical (unpaired) electrons. The van der Waals surface area contributed by atoms with Crippen LogP contribution in [0.2, 0.25) is 0 Å². The van der Waals surface area contributed by atoms with Crippen LogP contribution in [-0.4, -0.2) is 26.7 Å².